The van der Waals surface area contributed by atoms with Crippen LogP contribution in [-0.4, -0.2) is 32.5 Å². The van der Waals surface area contributed by atoms with Crippen molar-refractivity contribution in [3.05, 3.63) is 133 Å². The largest absolute Gasteiger partial charge is 0.382 e. The van der Waals surface area contributed by atoms with Gasteiger partial charge in [0, 0.05) is 35.3 Å². The number of ketones is 1. The number of hydrogen-bond acceptors (Lipinski definition) is 7. The summed E-state index contributed by atoms with van der Waals surface area (Å²) in [4.78, 5) is 39.0. The van der Waals surface area contributed by atoms with Gasteiger partial charge < -0.3 is 15.0 Å². The van der Waals surface area contributed by atoms with Gasteiger partial charge in [0.2, 0.25) is 5.43 Å². The number of rotatable bonds is 11. The number of nitro groups is 1. The normalized spacial score (nSPS) is 11.7. The minimum absolute atomic E-state index is 0.106. The first-order valence-electron chi connectivity index (χ1n) is 13.8. The van der Waals surface area contributed by atoms with Gasteiger partial charge in [0.05, 0.1) is 22.4 Å². The van der Waals surface area contributed by atoms with E-state index in [2.05, 4.69) is 5.32 Å². The highest BCUT2D eigenvalue weighted by molar-refractivity contribution is 7.22. The van der Waals surface area contributed by atoms with Gasteiger partial charge in [0.1, 0.15) is 22.1 Å². The SMILES string of the molecule is CC(C)(O)C(=O)c1cn(Cc2c(F)cccc2F)c2sc(-c3ccc([N+](=O)[O-])cc3)c(CNCCc3ccccc3)c2c1=O. The lowest BCUT2D eigenvalue weighted by atomic mass is 9.96. The van der Waals surface area contributed by atoms with Crippen LogP contribution in [0.15, 0.2) is 83.8 Å². The van der Waals surface area contributed by atoms with Crippen molar-refractivity contribution in [2.75, 3.05) is 6.54 Å². The summed E-state index contributed by atoms with van der Waals surface area (Å²) < 4.78 is 31.0. The van der Waals surface area contributed by atoms with E-state index in [0.29, 0.717) is 33.8 Å². The van der Waals surface area contributed by atoms with Gasteiger partial charge in [-0.1, -0.05) is 36.4 Å². The highest BCUT2D eigenvalue weighted by Gasteiger charge is 2.31. The number of thiophene rings is 1. The minimum atomic E-state index is -1.89. The number of non-ortho nitro benzene ring substituents is 1. The second-order valence-corrected chi connectivity index (χ2v) is 11.9. The summed E-state index contributed by atoms with van der Waals surface area (Å²) in [5.41, 5.74) is -0.962. The zero-order valence-corrected chi connectivity index (χ0v) is 24.8. The highest BCUT2D eigenvalue weighted by Crippen LogP contribution is 2.39. The second-order valence-electron chi connectivity index (χ2n) is 10.9. The molecule has 5 aromatic rings. The fourth-order valence-electron chi connectivity index (χ4n) is 4.99. The smallest absolute Gasteiger partial charge is 0.269 e. The molecule has 0 atom stereocenters. The molecule has 3 aromatic carbocycles. The van der Waals surface area contributed by atoms with E-state index >= 15 is 0 Å². The molecule has 226 valence electrons. The van der Waals surface area contributed by atoms with Crippen molar-refractivity contribution in [2.24, 2.45) is 0 Å². The number of benzene rings is 3. The first-order chi connectivity index (χ1) is 21.0. The van der Waals surface area contributed by atoms with E-state index in [-0.39, 0.29) is 35.3 Å². The zero-order valence-electron chi connectivity index (χ0n) is 24.0. The van der Waals surface area contributed by atoms with Crippen LogP contribution in [0.3, 0.4) is 0 Å². The summed E-state index contributed by atoms with van der Waals surface area (Å²) in [6.07, 6.45) is 1.94. The molecule has 2 N–H and O–H groups in total. The first kappa shape index (κ1) is 30.9. The molecule has 0 spiro atoms. The van der Waals surface area contributed by atoms with Gasteiger partial charge in [0.25, 0.3) is 5.69 Å². The van der Waals surface area contributed by atoms with E-state index in [0.717, 1.165) is 17.7 Å². The third-order valence-electron chi connectivity index (χ3n) is 7.27. The monoisotopic (exact) mass is 617 g/mol. The molecule has 8 nitrogen and oxygen atoms in total. The summed E-state index contributed by atoms with van der Waals surface area (Å²) in [6, 6.07) is 19.2. The van der Waals surface area contributed by atoms with Crippen LogP contribution in [0.2, 0.25) is 0 Å². The lowest BCUT2D eigenvalue weighted by Gasteiger charge is -2.18. The average molecular weight is 618 g/mol. The van der Waals surface area contributed by atoms with E-state index < -0.39 is 33.4 Å². The van der Waals surface area contributed by atoms with Crippen molar-refractivity contribution < 1.29 is 23.6 Å². The van der Waals surface area contributed by atoms with Gasteiger partial charge in [-0.2, -0.15) is 0 Å². The fraction of sp³-hybridized carbons (Fsp3) is 0.212. The fourth-order valence-corrected chi connectivity index (χ4v) is 6.28. The van der Waals surface area contributed by atoms with Gasteiger partial charge in [-0.05, 0) is 67.8 Å². The maximum absolute atomic E-state index is 14.8. The summed E-state index contributed by atoms with van der Waals surface area (Å²) in [5, 5.41) is 25.3. The molecule has 0 aliphatic rings. The molecule has 0 radical (unpaired) electrons. The van der Waals surface area contributed by atoms with Crippen LogP contribution in [0.5, 0.6) is 0 Å². The van der Waals surface area contributed by atoms with Crippen molar-refractivity contribution >= 4 is 33.0 Å². The first-order valence-corrected chi connectivity index (χ1v) is 14.7. The second kappa shape index (κ2) is 12.6. The minimum Gasteiger partial charge on any atom is -0.382 e. The van der Waals surface area contributed by atoms with Crippen LogP contribution in [0.25, 0.3) is 20.7 Å². The molecule has 0 aliphatic heterocycles. The Bertz CT molecular complexity index is 1890. The van der Waals surface area contributed by atoms with E-state index in [1.54, 1.807) is 12.1 Å². The Morgan fingerprint density at radius 1 is 1.00 bits per heavy atom. The average Bonchev–Trinajstić information content (AvgIpc) is 3.38. The van der Waals surface area contributed by atoms with Crippen molar-refractivity contribution in [1.82, 2.24) is 9.88 Å². The number of nitrogens with one attached hydrogen (secondary N) is 1. The van der Waals surface area contributed by atoms with Crippen LogP contribution in [0, 0.1) is 21.7 Å². The molecule has 0 bridgehead atoms. The third-order valence-corrected chi connectivity index (χ3v) is 8.59. The standard InChI is InChI=1S/C33H29F2N3O5S/c1-33(2,41)31(40)25-19-37(18-24-26(34)9-6-10-27(24)35)32-28(29(25)39)23(17-36-16-15-20-7-4-3-5-8-20)30(44-32)21-11-13-22(14-12-21)38(42)43/h3-14,19,36,41H,15-18H2,1-2H3. The predicted octanol–water partition coefficient (Wildman–Crippen LogP) is 6.25. The number of aromatic nitrogens is 1. The number of aliphatic hydroxyl groups is 1. The maximum Gasteiger partial charge on any atom is 0.269 e. The number of fused-ring (bicyclic) bond motifs is 1. The Kier molecular flexibility index (Phi) is 8.82. The number of carbonyl (C=O) groups excluding carboxylic acids is 1. The molecule has 0 aliphatic carbocycles. The highest BCUT2D eigenvalue weighted by atomic mass is 32.1. The molecule has 44 heavy (non-hydrogen) atoms. The van der Waals surface area contributed by atoms with Crippen molar-refractivity contribution in [3.8, 4) is 10.4 Å². The van der Waals surface area contributed by atoms with E-state index in [4.69, 9.17) is 0 Å². The van der Waals surface area contributed by atoms with Crippen molar-refractivity contribution in [1.29, 1.82) is 0 Å². The number of nitro benzene ring substituents is 1. The number of halogens is 2. The van der Waals surface area contributed by atoms with Crippen molar-refractivity contribution in [2.45, 2.75) is 39.0 Å². The van der Waals surface area contributed by atoms with Crippen molar-refractivity contribution in [3.63, 3.8) is 0 Å². The molecule has 2 aromatic heterocycles. The lowest BCUT2D eigenvalue weighted by Crippen LogP contribution is -2.35. The van der Waals surface area contributed by atoms with E-state index in [1.807, 2.05) is 30.3 Å². The van der Waals surface area contributed by atoms with Gasteiger partial charge >= 0.3 is 0 Å². The Hall–Kier alpha value is -4.58. The third kappa shape index (κ3) is 6.35. The predicted molar refractivity (Wildman–Crippen MR) is 166 cm³/mol. The maximum atomic E-state index is 14.8. The van der Waals surface area contributed by atoms with Crippen LogP contribution < -0.4 is 10.7 Å². The van der Waals surface area contributed by atoms with Crippen LogP contribution >= 0.6 is 11.3 Å². The van der Waals surface area contributed by atoms with Gasteiger partial charge in [-0.3, -0.25) is 19.7 Å². The van der Waals surface area contributed by atoms with Gasteiger partial charge in [-0.15, -0.1) is 11.3 Å². The zero-order chi connectivity index (χ0) is 31.6. The molecule has 0 saturated carbocycles. The molecule has 2 heterocycles. The van der Waals surface area contributed by atoms with Crippen LogP contribution in [-0.2, 0) is 19.5 Å². The summed E-state index contributed by atoms with van der Waals surface area (Å²) in [7, 11) is 0. The molecule has 0 saturated heterocycles. The lowest BCUT2D eigenvalue weighted by molar-refractivity contribution is -0.384. The summed E-state index contributed by atoms with van der Waals surface area (Å²) in [5.74, 6) is -2.41. The van der Waals surface area contributed by atoms with Gasteiger partial charge in [-0.25, -0.2) is 8.78 Å². The summed E-state index contributed by atoms with van der Waals surface area (Å²) >= 11 is 1.18. The quantitative estimate of drug-likeness (QED) is 0.0784. The summed E-state index contributed by atoms with van der Waals surface area (Å²) in [6.45, 7) is 2.95. The van der Waals surface area contributed by atoms with E-state index in [9.17, 15) is 33.6 Å². The number of pyridine rings is 1. The van der Waals surface area contributed by atoms with Crippen LogP contribution in [0.1, 0.15) is 40.9 Å². The Balaban J connectivity index is 1.70. The molecular formula is C33H29F2N3O5S. The molecule has 11 heteroatoms. The molecule has 0 unspecified atom stereocenters. The van der Waals surface area contributed by atoms with Crippen LogP contribution in [0.4, 0.5) is 14.5 Å². The molecule has 5 rings (SSSR count). The Morgan fingerprint density at radius 3 is 2.27 bits per heavy atom. The number of nitrogens with zero attached hydrogens (tertiary/aromatic N) is 2. The number of carbonyl (C=O) groups is 1. The molecule has 0 fully saturated rings. The number of hydrogen-bond donors (Lipinski definition) is 2. The van der Waals surface area contributed by atoms with E-state index in [1.165, 1.54) is 54.1 Å². The Morgan fingerprint density at radius 2 is 1.66 bits per heavy atom. The topological polar surface area (TPSA) is 114 Å². The molecule has 0 amide bonds. The Labute approximate surface area is 255 Å². The van der Waals surface area contributed by atoms with Gasteiger partial charge in [0.15, 0.2) is 5.78 Å². The molecular weight excluding hydrogens is 588 g/mol. The number of Topliss-reactive ketones (excluding diaryl/α,β-unsaturated/α-hetero) is 1.